The summed E-state index contributed by atoms with van der Waals surface area (Å²) in [7, 11) is 0. The summed E-state index contributed by atoms with van der Waals surface area (Å²) in [6.45, 7) is 7.85. The first kappa shape index (κ1) is 21.7. The molecule has 1 aliphatic heterocycles. The molecule has 0 spiro atoms. The van der Waals surface area contributed by atoms with E-state index in [-0.39, 0.29) is 31.0 Å². The summed E-state index contributed by atoms with van der Waals surface area (Å²) in [4.78, 5) is 16.0. The Morgan fingerprint density at radius 3 is 2.56 bits per heavy atom. The second-order valence-corrected chi connectivity index (χ2v) is 7.47. The van der Waals surface area contributed by atoms with Crippen LogP contribution in [0.15, 0.2) is 35.7 Å². The number of nitrogens with one attached hydrogen (secondary N) is 1. The van der Waals surface area contributed by atoms with E-state index >= 15 is 0 Å². The van der Waals surface area contributed by atoms with Crippen molar-refractivity contribution in [1.82, 2.24) is 10.2 Å². The Bertz CT molecular complexity index is 698. The molecule has 1 unspecified atom stereocenters. The molecule has 1 aromatic heterocycles. The van der Waals surface area contributed by atoms with Gasteiger partial charge < -0.3 is 14.8 Å². The molecule has 1 amide bonds. The van der Waals surface area contributed by atoms with Gasteiger partial charge in [0.2, 0.25) is 0 Å². The number of carbonyl (C=O) groups is 1. The second-order valence-electron chi connectivity index (χ2n) is 6.49. The summed E-state index contributed by atoms with van der Waals surface area (Å²) in [6.07, 6.45) is 0. The zero-order valence-corrected chi connectivity index (χ0v) is 17.4. The van der Waals surface area contributed by atoms with E-state index in [0.717, 1.165) is 43.2 Å². The van der Waals surface area contributed by atoms with E-state index in [4.69, 9.17) is 9.47 Å². The average molecular weight is 411 g/mol. The number of nitrogens with zero attached hydrogens (tertiary/aromatic N) is 1. The fourth-order valence-electron chi connectivity index (χ4n) is 3.21. The first-order valence-corrected chi connectivity index (χ1v) is 9.84. The fraction of sp³-hybridized carbons (Fsp3) is 0.450. The van der Waals surface area contributed by atoms with E-state index in [1.807, 2.05) is 32.0 Å². The molecule has 1 atom stereocenters. The molecule has 148 valence electrons. The highest BCUT2D eigenvalue weighted by Gasteiger charge is 2.24. The van der Waals surface area contributed by atoms with Crippen LogP contribution in [0.1, 0.15) is 22.0 Å². The number of thiophene rings is 1. The van der Waals surface area contributed by atoms with Crippen LogP contribution >= 0.6 is 23.7 Å². The molecule has 1 aliphatic rings. The first-order chi connectivity index (χ1) is 12.6. The standard InChI is InChI=1S/C20H26N2O3S.ClH/c1-15-5-3-6-16(2)20(15)25-14-19(23)21-13-17(18-7-4-12-26-18)22-8-10-24-11-9-22;/h3-7,12,17H,8-11,13-14H2,1-2H3,(H,21,23);1H. The summed E-state index contributed by atoms with van der Waals surface area (Å²) >= 11 is 1.73. The minimum absolute atomic E-state index is 0. The number of rotatable bonds is 7. The second kappa shape index (κ2) is 10.7. The molecular weight excluding hydrogens is 384 g/mol. The Hall–Kier alpha value is -1.60. The molecule has 1 aromatic carbocycles. The summed E-state index contributed by atoms with van der Waals surface area (Å²) in [5.74, 6) is 0.702. The smallest absolute Gasteiger partial charge is 0.258 e. The molecular formula is C20H27ClN2O3S. The Morgan fingerprint density at radius 1 is 1.22 bits per heavy atom. The predicted octanol–water partition coefficient (Wildman–Crippen LogP) is 3.36. The number of ether oxygens (including phenoxy) is 2. The largest absolute Gasteiger partial charge is 0.483 e. The van der Waals surface area contributed by atoms with Crippen molar-refractivity contribution in [2.45, 2.75) is 19.9 Å². The molecule has 27 heavy (non-hydrogen) atoms. The molecule has 1 N–H and O–H groups in total. The number of hydrogen-bond donors (Lipinski definition) is 1. The van der Waals surface area contributed by atoms with Crippen LogP contribution in [0.3, 0.4) is 0 Å². The number of amides is 1. The van der Waals surface area contributed by atoms with Gasteiger partial charge in [0.25, 0.3) is 5.91 Å². The van der Waals surface area contributed by atoms with Gasteiger partial charge in [-0.3, -0.25) is 9.69 Å². The minimum Gasteiger partial charge on any atom is -0.483 e. The van der Waals surface area contributed by atoms with Gasteiger partial charge in [0.05, 0.1) is 19.3 Å². The Balaban J connectivity index is 0.00000261. The molecule has 1 saturated heterocycles. The van der Waals surface area contributed by atoms with E-state index in [9.17, 15) is 4.79 Å². The summed E-state index contributed by atoms with van der Waals surface area (Å²) in [6, 6.07) is 10.3. The van der Waals surface area contributed by atoms with Crippen LogP contribution < -0.4 is 10.1 Å². The predicted molar refractivity (Wildman–Crippen MR) is 111 cm³/mol. The van der Waals surface area contributed by atoms with Gasteiger partial charge in [-0.15, -0.1) is 23.7 Å². The van der Waals surface area contributed by atoms with Gasteiger partial charge in [-0.1, -0.05) is 24.3 Å². The van der Waals surface area contributed by atoms with E-state index in [1.165, 1.54) is 4.88 Å². The first-order valence-electron chi connectivity index (χ1n) is 8.96. The number of aryl methyl sites for hydroxylation is 2. The topological polar surface area (TPSA) is 50.8 Å². The van der Waals surface area contributed by atoms with Crippen LogP contribution in [0, 0.1) is 13.8 Å². The monoisotopic (exact) mass is 410 g/mol. The minimum atomic E-state index is -0.0949. The van der Waals surface area contributed by atoms with Crippen molar-refractivity contribution in [3.63, 3.8) is 0 Å². The summed E-state index contributed by atoms with van der Waals surface area (Å²) in [5, 5.41) is 5.12. The maximum absolute atomic E-state index is 12.3. The lowest BCUT2D eigenvalue weighted by Crippen LogP contribution is -2.44. The molecule has 2 aromatic rings. The Labute approximate surface area is 171 Å². The van der Waals surface area contributed by atoms with Crippen molar-refractivity contribution < 1.29 is 14.3 Å². The molecule has 2 heterocycles. The van der Waals surface area contributed by atoms with Gasteiger partial charge in [-0.25, -0.2) is 0 Å². The van der Waals surface area contributed by atoms with Crippen LogP contribution in [0.2, 0.25) is 0 Å². The normalized spacial score (nSPS) is 15.6. The number of para-hydroxylation sites is 1. The van der Waals surface area contributed by atoms with Gasteiger partial charge in [-0.2, -0.15) is 0 Å². The molecule has 5 nitrogen and oxygen atoms in total. The SMILES string of the molecule is Cc1cccc(C)c1OCC(=O)NCC(c1cccs1)N1CCOCC1.Cl. The highest BCUT2D eigenvalue weighted by molar-refractivity contribution is 7.10. The molecule has 0 bridgehead atoms. The van der Waals surface area contributed by atoms with Gasteiger partial charge in [0, 0.05) is 24.5 Å². The molecule has 0 aliphatic carbocycles. The van der Waals surface area contributed by atoms with Gasteiger partial charge in [0.1, 0.15) is 5.75 Å². The fourth-order valence-corrected chi connectivity index (χ4v) is 4.07. The van der Waals surface area contributed by atoms with Crippen LogP contribution in [-0.2, 0) is 9.53 Å². The number of hydrogen-bond acceptors (Lipinski definition) is 5. The zero-order chi connectivity index (χ0) is 18.4. The third-order valence-electron chi connectivity index (χ3n) is 4.61. The lowest BCUT2D eigenvalue weighted by molar-refractivity contribution is -0.123. The van der Waals surface area contributed by atoms with Crippen molar-refractivity contribution in [1.29, 1.82) is 0 Å². The van der Waals surface area contributed by atoms with Crippen molar-refractivity contribution in [2.24, 2.45) is 0 Å². The van der Waals surface area contributed by atoms with Crippen molar-refractivity contribution in [3.05, 3.63) is 51.7 Å². The lowest BCUT2D eigenvalue weighted by Gasteiger charge is -2.34. The Morgan fingerprint density at radius 2 is 1.93 bits per heavy atom. The highest BCUT2D eigenvalue weighted by atomic mass is 35.5. The maximum atomic E-state index is 12.3. The van der Waals surface area contributed by atoms with Crippen molar-refractivity contribution >= 4 is 29.7 Å². The molecule has 7 heteroatoms. The van der Waals surface area contributed by atoms with E-state index in [1.54, 1.807) is 11.3 Å². The molecule has 0 radical (unpaired) electrons. The summed E-state index contributed by atoms with van der Waals surface area (Å²) < 4.78 is 11.2. The van der Waals surface area contributed by atoms with Crippen LogP contribution in [0.4, 0.5) is 0 Å². The number of benzene rings is 1. The molecule has 0 saturated carbocycles. The van der Waals surface area contributed by atoms with Gasteiger partial charge >= 0.3 is 0 Å². The quantitative estimate of drug-likeness (QED) is 0.760. The Kier molecular flexibility index (Phi) is 8.57. The molecule has 3 rings (SSSR count). The van der Waals surface area contributed by atoms with Crippen LogP contribution in [0.5, 0.6) is 5.75 Å². The third-order valence-corrected chi connectivity index (χ3v) is 5.58. The number of halogens is 1. The summed E-state index contributed by atoms with van der Waals surface area (Å²) in [5.41, 5.74) is 2.09. The van der Waals surface area contributed by atoms with E-state index < -0.39 is 0 Å². The number of carbonyl (C=O) groups excluding carboxylic acids is 1. The highest BCUT2D eigenvalue weighted by Crippen LogP contribution is 2.25. The maximum Gasteiger partial charge on any atom is 0.258 e. The van der Waals surface area contributed by atoms with Crippen molar-refractivity contribution in [2.75, 3.05) is 39.5 Å². The van der Waals surface area contributed by atoms with Crippen LogP contribution in [0.25, 0.3) is 0 Å². The molecule has 1 fully saturated rings. The average Bonchev–Trinajstić information content (AvgIpc) is 3.17. The third kappa shape index (κ3) is 5.94. The lowest BCUT2D eigenvalue weighted by atomic mass is 10.1. The van der Waals surface area contributed by atoms with Gasteiger partial charge in [-0.05, 0) is 36.4 Å². The van der Waals surface area contributed by atoms with E-state index in [0.29, 0.717) is 6.54 Å². The van der Waals surface area contributed by atoms with Crippen LogP contribution in [-0.4, -0.2) is 50.3 Å². The van der Waals surface area contributed by atoms with E-state index in [2.05, 4.69) is 27.7 Å². The number of morpholine rings is 1. The van der Waals surface area contributed by atoms with Crippen molar-refractivity contribution in [3.8, 4) is 5.75 Å². The van der Waals surface area contributed by atoms with Gasteiger partial charge in [0.15, 0.2) is 6.61 Å². The zero-order valence-electron chi connectivity index (χ0n) is 15.8.